The van der Waals surface area contributed by atoms with E-state index < -0.39 is 0 Å². The van der Waals surface area contributed by atoms with E-state index in [9.17, 15) is 4.79 Å². The fourth-order valence-corrected chi connectivity index (χ4v) is 2.32. The van der Waals surface area contributed by atoms with Gasteiger partial charge in [-0.15, -0.1) is 0 Å². The normalized spacial score (nSPS) is 10.8. The highest BCUT2D eigenvalue weighted by Crippen LogP contribution is 2.24. The van der Waals surface area contributed by atoms with E-state index in [0.717, 1.165) is 22.4 Å². The zero-order valence-electron chi connectivity index (χ0n) is 12.1. The molecule has 21 heavy (non-hydrogen) atoms. The van der Waals surface area contributed by atoms with Crippen LogP contribution in [0.2, 0.25) is 0 Å². The molecule has 2 aromatic heterocycles. The number of rotatable bonds is 3. The molecule has 2 heterocycles. The molecule has 1 aromatic carbocycles. The van der Waals surface area contributed by atoms with Crippen molar-refractivity contribution in [2.75, 3.05) is 5.32 Å². The Hall–Kier alpha value is -2.76. The molecule has 0 saturated carbocycles. The van der Waals surface area contributed by atoms with Gasteiger partial charge >= 0.3 is 0 Å². The number of benzene rings is 1. The molecule has 0 bridgehead atoms. The Bertz CT molecular complexity index is 837. The van der Waals surface area contributed by atoms with E-state index in [1.165, 1.54) is 6.33 Å². The molecule has 106 valence electrons. The Morgan fingerprint density at radius 3 is 2.86 bits per heavy atom. The molecule has 0 radical (unpaired) electrons. The number of hydrogen-bond acceptors (Lipinski definition) is 5. The number of aryl methyl sites for hydroxylation is 2. The van der Waals surface area contributed by atoms with Gasteiger partial charge in [-0.05, 0) is 26.0 Å². The van der Waals surface area contributed by atoms with Gasteiger partial charge in [-0.1, -0.05) is 12.1 Å². The summed E-state index contributed by atoms with van der Waals surface area (Å²) in [6.45, 7) is 3.46. The standard InChI is InChI=1S/C15H15N5O/c1-9-13-14(20(3)19-9)15(17-8-16-13)18-12-6-4-5-11(7-12)10(2)21/h4-8H,1-3H3,(H,16,17,18). The first-order valence-corrected chi connectivity index (χ1v) is 6.58. The number of aromatic nitrogens is 4. The number of fused-ring (bicyclic) bond motifs is 1. The van der Waals surface area contributed by atoms with E-state index in [4.69, 9.17) is 0 Å². The molecule has 3 aromatic rings. The van der Waals surface area contributed by atoms with Crippen molar-refractivity contribution in [3.63, 3.8) is 0 Å². The average molecular weight is 281 g/mol. The van der Waals surface area contributed by atoms with E-state index in [-0.39, 0.29) is 5.78 Å². The number of anilines is 2. The lowest BCUT2D eigenvalue weighted by Crippen LogP contribution is -2.00. The molecule has 0 saturated heterocycles. The second kappa shape index (κ2) is 4.97. The van der Waals surface area contributed by atoms with Gasteiger partial charge < -0.3 is 5.32 Å². The van der Waals surface area contributed by atoms with Gasteiger partial charge in [0.2, 0.25) is 0 Å². The van der Waals surface area contributed by atoms with Gasteiger partial charge in [-0.25, -0.2) is 9.97 Å². The fraction of sp³-hybridized carbons (Fsp3) is 0.200. The summed E-state index contributed by atoms with van der Waals surface area (Å²) in [6.07, 6.45) is 1.51. The maximum absolute atomic E-state index is 11.5. The van der Waals surface area contributed by atoms with Crippen molar-refractivity contribution in [1.82, 2.24) is 19.7 Å². The lowest BCUT2D eigenvalue weighted by molar-refractivity contribution is 0.101. The number of carbonyl (C=O) groups excluding carboxylic acids is 1. The first kappa shape index (κ1) is 13.2. The van der Waals surface area contributed by atoms with E-state index >= 15 is 0 Å². The number of nitrogens with zero attached hydrogens (tertiary/aromatic N) is 4. The molecule has 0 aliphatic carbocycles. The predicted molar refractivity (Wildman–Crippen MR) is 80.8 cm³/mol. The monoisotopic (exact) mass is 281 g/mol. The van der Waals surface area contributed by atoms with Crippen LogP contribution in [0, 0.1) is 6.92 Å². The highest BCUT2D eigenvalue weighted by Gasteiger charge is 2.12. The zero-order chi connectivity index (χ0) is 15.0. The van der Waals surface area contributed by atoms with Crippen LogP contribution >= 0.6 is 0 Å². The maximum atomic E-state index is 11.5. The van der Waals surface area contributed by atoms with Gasteiger partial charge in [-0.2, -0.15) is 5.10 Å². The molecular weight excluding hydrogens is 266 g/mol. The van der Waals surface area contributed by atoms with E-state index in [1.54, 1.807) is 23.7 Å². The second-order valence-electron chi connectivity index (χ2n) is 4.89. The zero-order valence-corrected chi connectivity index (χ0v) is 12.1. The van der Waals surface area contributed by atoms with E-state index in [1.807, 2.05) is 26.1 Å². The van der Waals surface area contributed by atoms with Gasteiger partial charge in [0.1, 0.15) is 17.4 Å². The highest BCUT2D eigenvalue weighted by molar-refractivity contribution is 5.95. The van der Waals surface area contributed by atoms with Gasteiger partial charge in [0.25, 0.3) is 0 Å². The summed E-state index contributed by atoms with van der Waals surface area (Å²) >= 11 is 0. The van der Waals surface area contributed by atoms with Crippen LogP contribution in [0.4, 0.5) is 11.5 Å². The van der Waals surface area contributed by atoms with Crippen molar-refractivity contribution in [1.29, 1.82) is 0 Å². The Kier molecular flexibility index (Phi) is 3.13. The van der Waals surface area contributed by atoms with Gasteiger partial charge in [0, 0.05) is 18.3 Å². The Morgan fingerprint density at radius 2 is 2.10 bits per heavy atom. The van der Waals surface area contributed by atoms with Crippen LogP contribution < -0.4 is 5.32 Å². The summed E-state index contributed by atoms with van der Waals surface area (Å²) in [5.74, 6) is 0.701. The molecule has 0 atom stereocenters. The predicted octanol–water partition coefficient (Wildman–Crippen LogP) is 2.62. The van der Waals surface area contributed by atoms with Crippen LogP contribution in [0.5, 0.6) is 0 Å². The summed E-state index contributed by atoms with van der Waals surface area (Å²) in [6, 6.07) is 7.33. The summed E-state index contributed by atoms with van der Waals surface area (Å²) in [5.41, 5.74) is 3.98. The van der Waals surface area contributed by atoms with Crippen LogP contribution in [0.1, 0.15) is 23.0 Å². The summed E-state index contributed by atoms with van der Waals surface area (Å²) in [5, 5.41) is 7.59. The molecular formula is C15H15N5O. The second-order valence-corrected chi connectivity index (χ2v) is 4.89. The minimum absolute atomic E-state index is 0.0304. The largest absolute Gasteiger partial charge is 0.338 e. The lowest BCUT2D eigenvalue weighted by atomic mass is 10.1. The Labute approximate surface area is 121 Å². The number of ketones is 1. The number of hydrogen-bond donors (Lipinski definition) is 1. The Morgan fingerprint density at radius 1 is 1.29 bits per heavy atom. The molecule has 0 aliphatic rings. The SMILES string of the molecule is CC(=O)c1cccc(Nc2ncnc3c(C)nn(C)c23)c1. The lowest BCUT2D eigenvalue weighted by Gasteiger charge is -2.08. The van der Waals surface area contributed by atoms with E-state index in [0.29, 0.717) is 11.4 Å². The van der Waals surface area contributed by atoms with Crippen molar-refractivity contribution in [3.05, 3.63) is 41.9 Å². The minimum Gasteiger partial charge on any atom is -0.338 e. The van der Waals surface area contributed by atoms with Crippen LogP contribution in [0.25, 0.3) is 11.0 Å². The Balaban J connectivity index is 2.06. The van der Waals surface area contributed by atoms with Crippen molar-refractivity contribution >= 4 is 28.3 Å². The first-order valence-electron chi connectivity index (χ1n) is 6.58. The summed E-state index contributed by atoms with van der Waals surface area (Å²) in [4.78, 5) is 20.0. The average Bonchev–Trinajstić information content (AvgIpc) is 2.75. The molecule has 0 amide bonds. The number of Topliss-reactive ketones (excluding diaryl/α,β-unsaturated/α-hetero) is 1. The maximum Gasteiger partial charge on any atom is 0.160 e. The van der Waals surface area contributed by atoms with Crippen molar-refractivity contribution in [2.45, 2.75) is 13.8 Å². The van der Waals surface area contributed by atoms with Crippen molar-refractivity contribution in [2.24, 2.45) is 7.05 Å². The summed E-state index contributed by atoms with van der Waals surface area (Å²) < 4.78 is 1.75. The van der Waals surface area contributed by atoms with Crippen molar-refractivity contribution < 1.29 is 4.79 Å². The molecule has 6 nitrogen and oxygen atoms in total. The highest BCUT2D eigenvalue weighted by atomic mass is 16.1. The molecule has 3 rings (SSSR count). The van der Waals surface area contributed by atoms with Crippen LogP contribution in [0.3, 0.4) is 0 Å². The van der Waals surface area contributed by atoms with Gasteiger partial charge in [-0.3, -0.25) is 9.48 Å². The van der Waals surface area contributed by atoms with Crippen LogP contribution in [-0.2, 0) is 7.05 Å². The number of carbonyl (C=O) groups is 1. The minimum atomic E-state index is 0.0304. The van der Waals surface area contributed by atoms with Crippen LogP contribution in [-0.4, -0.2) is 25.5 Å². The van der Waals surface area contributed by atoms with Gasteiger partial charge in [0.05, 0.1) is 5.69 Å². The van der Waals surface area contributed by atoms with Crippen LogP contribution in [0.15, 0.2) is 30.6 Å². The summed E-state index contributed by atoms with van der Waals surface area (Å²) in [7, 11) is 1.86. The molecule has 6 heteroatoms. The van der Waals surface area contributed by atoms with E-state index in [2.05, 4.69) is 20.4 Å². The quantitative estimate of drug-likeness (QED) is 0.747. The third-order valence-corrected chi connectivity index (χ3v) is 3.32. The molecule has 0 aliphatic heterocycles. The molecule has 0 fully saturated rings. The third kappa shape index (κ3) is 2.35. The molecule has 1 N–H and O–H groups in total. The fourth-order valence-electron chi connectivity index (χ4n) is 2.32. The third-order valence-electron chi connectivity index (χ3n) is 3.32. The van der Waals surface area contributed by atoms with Gasteiger partial charge in [0.15, 0.2) is 11.6 Å². The topological polar surface area (TPSA) is 72.7 Å². The molecule has 0 spiro atoms. The molecule has 0 unspecified atom stereocenters. The first-order chi connectivity index (χ1) is 10.1. The van der Waals surface area contributed by atoms with Crippen molar-refractivity contribution in [3.8, 4) is 0 Å². The number of nitrogens with one attached hydrogen (secondary N) is 1. The smallest absolute Gasteiger partial charge is 0.160 e.